The molecule has 32 heavy (non-hydrogen) atoms. The maximum absolute atomic E-state index is 13.1. The first-order valence-corrected chi connectivity index (χ1v) is 11.4. The highest BCUT2D eigenvalue weighted by Gasteiger charge is 2.40. The van der Waals surface area contributed by atoms with Crippen molar-refractivity contribution in [3.8, 4) is 11.3 Å². The highest BCUT2D eigenvalue weighted by molar-refractivity contribution is 8.00. The minimum absolute atomic E-state index is 0.111. The molecule has 5 nitrogen and oxygen atoms in total. The molecule has 158 valence electrons. The van der Waals surface area contributed by atoms with Gasteiger partial charge in [-0.1, -0.05) is 65.8 Å². The molecule has 1 aliphatic rings. The molecule has 0 spiro atoms. The minimum Gasteiger partial charge on any atom is -0.274 e. The minimum atomic E-state index is -0.573. The Morgan fingerprint density at radius 2 is 1.78 bits per heavy atom. The molecule has 1 aliphatic heterocycles. The maximum atomic E-state index is 13.1. The average Bonchev–Trinajstić information content (AvgIpc) is 3.06. The predicted octanol–water partition coefficient (Wildman–Crippen LogP) is 5.68. The van der Waals surface area contributed by atoms with Crippen LogP contribution in [0.25, 0.3) is 22.2 Å². The molecule has 0 bridgehead atoms. The van der Waals surface area contributed by atoms with Crippen LogP contribution in [0.4, 0.5) is 5.69 Å². The van der Waals surface area contributed by atoms with Crippen LogP contribution >= 0.6 is 23.4 Å². The van der Waals surface area contributed by atoms with E-state index in [9.17, 15) is 9.59 Å². The first-order valence-electron chi connectivity index (χ1n) is 10.1. The van der Waals surface area contributed by atoms with E-state index in [1.807, 2.05) is 67.6 Å². The molecule has 0 unspecified atom stereocenters. The summed E-state index contributed by atoms with van der Waals surface area (Å²) in [5.41, 5.74) is 4.00. The number of hydrogen-bond donors (Lipinski definition) is 0. The van der Waals surface area contributed by atoms with Gasteiger partial charge in [0.25, 0.3) is 0 Å². The van der Waals surface area contributed by atoms with Crippen LogP contribution in [0.5, 0.6) is 0 Å². The summed E-state index contributed by atoms with van der Waals surface area (Å²) in [5.74, 6) is -0.458. The van der Waals surface area contributed by atoms with Gasteiger partial charge >= 0.3 is 0 Å². The van der Waals surface area contributed by atoms with Crippen molar-refractivity contribution in [3.63, 3.8) is 0 Å². The SMILES string of the molecule is Cc1cccc(N2C(=O)C[C@H](Sc3nc(-c4ccccc4)c4cc(Cl)ccc4n3)C2=O)c1. The largest absolute Gasteiger partial charge is 0.274 e. The number of imide groups is 1. The van der Waals surface area contributed by atoms with E-state index in [0.717, 1.165) is 27.7 Å². The molecular weight excluding hydrogens is 442 g/mol. The Morgan fingerprint density at radius 1 is 0.969 bits per heavy atom. The summed E-state index contributed by atoms with van der Waals surface area (Å²) in [6.07, 6.45) is 0.111. The van der Waals surface area contributed by atoms with Gasteiger partial charge in [0.05, 0.1) is 16.9 Å². The van der Waals surface area contributed by atoms with Gasteiger partial charge < -0.3 is 0 Å². The predicted molar refractivity (Wildman–Crippen MR) is 128 cm³/mol. The monoisotopic (exact) mass is 459 g/mol. The highest BCUT2D eigenvalue weighted by atomic mass is 35.5. The maximum Gasteiger partial charge on any atom is 0.247 e. The standard InChI is InChI=1S/C25H18ClN3O2S/c1-15-6-5-9-18(12-15)29-22(30)14-21(24(29)31)32-25-27-20-11-10-17(26)13-19(20)23(28-25)16-7-3-2-4-8-16/h2-13,21H,14H2,1H3/t21-/m0/s1. The van der Waals surface area contributed by atoms with Crippen molar-refractivity contribution in [2.45, 2.75) is 23.8 Å². The van der Waals surface area contributed by atoms with Gasteiger partial charge in [-0.05, 0) is 42.8 Å². The zero-order valence-electron chi connectivity index (χ0n) is 17.2. The molecule has 1 saturated heterocycles. The van der Waals surface area contributed by atoms with Gasteiger partial charge in [0.15, 0.2) is 5.16 Å². The van der Waals surface area contributed by atoms with E-state index in [0.29, 0.717) is 15.9 Å². The Kier molecular flexibility index (Phi) is 5.41. The number of aryl methyl sites for hydroxylation is 1. The summed E-state index contributed by atoms with van der Waals surface area (Å²) in [6, 6.07) is 22.6. The number of amides is 2. The molecule has 0 radical (unpaired) electrons. The number of anilines is 1. The topological polar surface area (TPSA) is 63.2 Å². The summed E-state index contributed by atoms with van der Waals surface area (Å²) >= 11 is 7.45. The van der Waals surface area contributed by atoms with Gasteiger partial charge in [0.2, 0.25) is 11.8 Å². The van der Waals surface area contributed by atoms with E-state index in [1.165, 1.54) is 16.7 Å². The van der Waals surface area contributed by atoms with Crippen molar-refractivity contribution in [2.75, 3.05) is 4.90 Å². The Bertz CT molecular complexity index is 1360. The average molecular weight is 460 g/mol. The molecule has 3 aromatic carbocycles. The summed E-state index contributed by atoms with van der Waals surface area (Å²) in [7, 11) is 0. The zero-order valence-corrected chi connectivity index (χ0v) is 18.7. The molecule has 2 heterocycles. The zero-order chi connectivity index (χ0) is 22.2. The van der Waals surface area contributed by atoms with E-state index in [2.05, 4.69) is 4.98 Å². The Hall–Kier alpha value is -3.22. The number of carbonyl (C=O) groups is 2. The molecule has 0 saturated carbocycles. The molecule has 4 aromatic rings. The highest BCUT2D eigenvalue weighted by Crippen LogP contribution is 2.36. The lowest BCUT2D eigenvalue weighted by Crippen LogP contribution is -2.31. The van der Waals surface area contributed by atoms with E-state index < -0.39 is 5.25 Å². The van der Waals surface area contributed by atoms with E-state index >= 15 is 0 Å². The van der Waals surface area contributed by atoms with Crippen LogP contribution in [0.2, 0.25) is 5.02 Å². The molecule has 1 fully saturated rings. The number of hydrogen-bond acceptors (Lipinski definition) is 5. The third-order valence-electron chi connectivity index (χ3n) is 5.30. The smallest absolute Gasteiger partial charge is 0.247 e. The second-order valence-electron chi connectivity index (χ2n) is 7.60. The van der Waals surface area contributed by atoms with Crippen LogP contribution in [0.3, 0.4) is 0 Å². The van der Waals surface area contributed by atoms with Gasteiger partial charge in [-0.2, -0.15) is 0 Å². The van der Waals surface area contributed by atoms with E-state index in [-0.39, 0.29) is 18.2 Å². The Morgan fingerprint density at radius 3 is 2.56 bits per heavy atom. The number of aromatic nitrogens is 2. The van der Waals surface area contributed by atoms with Crippen LogP contribution in [-0.2, 0) is 9.59 Å². The summed E-state index contributed by atoms with van der Waals surface area (Å²) in [5, 5.41) is 1.32. The number of halogens is 1. The van der Waals surface area contributed by atoms with E-state index in [4.69, 9.17) is 16.6 Å². The van der Waals surface area contributed by atoms with Crippen LogP contribution in [0, 0.1) is 6.92 Å². The second-order valence-corrected chi connectivity index (χ2v) is 9.21. The van der Waals surface area contributed by atoms with E-state index in [1.54, 1.807) is 12.1 Å². The molecule has 0 N–H and O–H groups in total. The second kappa shape index (κ2) is 8.37. The Labute approximate surface area is 194 Å². The van der Waals surface area contributed by atoms with Gasteiger partial charge in [-0.15, -0.1) is 0 Å². The van der Waals surface area contributed by atoms with Gasteiger partial charge in [0, 0.05) is 22.4 Å². The Balaban J connectivity index is 1.51. The van der Waals surface area contributed by atoms with Crippen molar-refractivity contribution in [3.05, 3.63) is 83.4 Å². The van der Waals surface area contributed by atoms with Gasteiger partial charge in [-0.25, -0.2) is 14.9 Å². The first-order chi connectivity index (χ1) is 15.5. The first kappa shape index (κ1) is 20.7. The fourth-order valence-corrected chi connectivity index (χ4v) is 4.96. The van der Waals surface area contributed by atoms with Crippen molar-refractivity contribution in [1.29, 1.82) is 0 Å². The molecule has 1 atom stereocenters. The molecule has 7 heteroatoms. The molecule has 0 aliphatic carbocycles. The number of carbonyl (C=O) groups excluding carboxylic acids is 2. The van der Waals surface area contributed by atoms with Crippen molar-refractivity contribution >= 4 is 51.8 Å². The fourth-order valence-electron chi connectivity index (χ4n) is 3.81. The van der Waals surface area contributed by atoms with Gasteiger partial charge in [-0.3, -0.25) is 9.59 Å². The van der Waals surface area contributed by atoms with Crippen molar-refractivity contribution < 1.29 is 9.59 Å². The summed E-state index contributed by atoms with van der Waals surface area (Å²) in [6.45, 7) is 1.93. The summed E-state index contributed by atoms with van der Waals surface area (Å²) < 4.78 is 0. The molecular formula is C25H18ClN3O2S. The third kappa shape index (κ3) is 3.87. The number of thioether (sulfide) groups is 1. The molecule has 1 aromatic heterocycles. The van der Waals surface area contributed by atoms with Crippen molar-refractivity contribution in [2.24, 2.45) is 0 Å². The lowest BCUT2D eigenvalue weighted by Gasteiger charge is -2.15. The lowest BCUT2D eigenvalue weighted by atomic mass is 10.1. The number of fused-ring (bicyclic) bond motifs is 1. The molecule has 2 amide bonds. The molecule has 5 rings (SSSR count). The van der Waals surface area contributed by atoms with Crippen LogP contribution in [0.1, 0.15) is 12.0 Å². The number of rotatable bonds is 4. The normalized spacial score (nSPS) is 16.2. The quantitative estimate of drug-likeness (QED) is 0.290. The number of nitrogens with zero attached hydrogens (tertiary/aromatic N) is 3. The van der Waals surface area contributed by atoms with Crippen LogP contribution < -0.4 is 4.90 Å². The fraction of sp³-hybridized carbons (Fsp3) is 0.120. The number of benzene rings is 3. The third-order valence-corrected chi connectivity index (χ3v) is 6.58. The lowest BCUT2D eigenvalue weighted by molar-refractivity contribution is -0.121. The van der Waals surface area contributed by atoms with Crippen LogP contribution in [-0.4, -0.2) is 27.0 Å². The summed E-state index contributed by atoms with van der Waals surface area (Å²) in [4.78, 5) is 36.5. The van der Waals surface area contributed by atoms with Gasteiger partial charge in [0.1, 0.15) is 5.25 Å². The van der Waals surface area contributed by atoms with Crippen molar-refractivity contribution in [1.82, 2.24) is 9.97 Å². The van der Waals surface area contributed by atoms with Crippen LogP contribution in [0.15, 0.2) is 78.0 Å².